The molecule has 0 unspecified atom stereocenters. The Morgan fingerprint density at radius 1 is 1.00 bits per heavy atom. The van der Waals surface area contributed by atoms with Crippen LogP contribution in [-0.2, 0) is 4.74 Å². The Hall–Kier alpha value is -0.0800. The quantitative estimate of drug-likeness (QED) is 0.757. The topological polar surface area (TPSA) is 12.5 Å². The summed E-state index contributed by atoms with van der Waals surface area (Å²) in [4.78, 5) is 2.68. The van der Waals surface area contributed by atoms with E-state index in [0.717, 1.165) is 11.8 Å². The molecule has 0 atom stereocenters. The lowest BCUT2D eigenvalue weighted by Gasteiger charge is -2.36. The van der Waals surface area contributed by atoms with Crippen molar-refractivity contribution in [2.24, 2.45) is 11.8 Å². The molecular formula is C16H31NO. The lowest BCUT2D eigenvalue weighted by atomic mass is 9.82. The molecule has 1 heterocycles. The summed E-state index contributed by atoms with van der Waals surface area (Å²) < 4.78 is 5.92. The molecule has 2 heteroatoms. The zero-order chi connectivity index (χ0) is 13.0. The molecule has 1 saturated carbocycles. The van der Waals surface area contributed by atoms with Crippen LogP contribution in [0.15, 0.2) is 0 Å². The molecule has 2 fully saturated rings. The van der Waals surface area contributed by atoms with Gasteiger partial charge in [-0.05, 0) is 51.4 Å². The Balaban J connectivity index is 1.64. The fourth-order valence-corrected chi connectivity index (χ4v) is 3.49. The molecule has 1 aliphatic carbocycles. The van der Waals surface area contributed by atoms with E-state index in [1.54, 1.807) is 0 Å². The standard InChI is InChI=1S/C16H31NO/c1-13(2)18-16-8-10-17(11-9-16)12-15-6-4-14(3)5-7-15/h13-16H,4-12H2,1-3H3. The Bertz CT molecular complexity index is 225. The van der Waals surface area contributed by atoms with Gasteiger partial charge in [0.15, 0.2) is 0 Å². The van der Waals surface area contributed by atoms with Gasteiger partial charge in [0.1, 0.15) is 0 Å². The smallest absolute Gasteiger partial charge is 0.0603 e. The van der Waals surface area contributed by atoms with E-state index >= 15 is 0 Å². The van der Waals surface area contributed by atoms with Gasteiger partial charge in [-0.25, -0.2) is 0 Å². The molecule has 1 saturated heterocycles. The van der Waals surface area contributed by atoms with Crippen molar-refractivity contribution in [2.75, 3.05) is 19.6 Å². The molecule has 0 N–H and O–H groups in total. The Morgan fingerprint density at radius 3 is 2.17 bits per heavy atom. The number of ether oxygens (including phenoxy) is 1. The van der Waals surface area contributed by atoms with Crippen LogP contribution in [0.2, 0.25) is 0 Å². The second-order valence-corrected chi connectivity index (χ2v) is 6.81. The van der Waals surface area contributed by atoms with Gasteiger partial charge in [-0.2, -0.15) is 0 Å². The third-order valence-electron chi connectivity index (χ3n) is 4.65. The first-order valence-electron chi connectivity index (χ1n) is 8.01. The number of hydrogen-bond acceptors (Lipinski definition) is 2. The van der Waals surface area contributed by atoms with E-state index in [1.807, 2.05) is 0 Å². The van der Waals surface area contributed by atoms with E-state index < -0.39 is 0 Å². The average molecular weight is 253 g/mol. The van der Waals surface area contributed by atoms with E-state index in [0.29, 0.717) is 12.2 Å². The van der Waals surface area contributed by atoms with Crippen molar-refractivity contribution >= 4 is 0 Å². The van der Waals surface area contributed by atoms with Gasteiger partial charge in [0.25, 0.3) is 0 Å². The lowest BCUT2D eigenvalue weighted by Crippen LogP contribution is -2.40. The summed E-state index contributed by atoms with van der Waals surface area (Å²) in [6.45, 7) is 10.6. The first-order valence-corrected chi connectivity index (χ1v) is 8.01. The third-order valence-corrected chi connectivity index (χ3v) is 4.65. The van der Waals surface area contributed by atoms with E-state index in [4.69, 9.17) is 4.74 Å². The molecule has 2 rings (SSSR count). The zero-order valence-electron chi connectivity index (χ0n) is 12.5. The van der Waals surface area contributed by atoms with E-state index in [1.165, 1.54) is 58.2 Å². The minimum atomic E-state index is 0.390. The van der Waals surface area contributed by atoms with Crippen LogP contribution in [0.5, 0.6) is 0 Å². The highest BCUT2D eigenvalue weighted by Crippen LogP contribution is 2.29. The maximum absolute atomic E-state index is 5.92. The van der Waals surface area contributed by atoms with Crippen LogP contribution in [0.4, 0.5) is 0 Å². The molecule has 0 aromatic rings. The van der Waals surface area contributed by atoms with Crippen LogP contribution in [0.3, 0.4) is 0 Å². The number of likely N-dealkylation sites (tertiary alicyclic amines) is 1. The van der Waals surface area contributed by atoms with Gasteiger partial charge in [-0.15, -0.1) is 0 Å². The van der Waals surface area contributed by atoms with Crippen molar-refractivity contribution < 1.29 is 4.74 Å². The number of nitrogens with zero attached hydrogens (tertiary/aromatic N) is 1. The maximum atomic E-state index is 5.92. The summed E-state index contributed by atoms with van der Waals surface area (Å²) in [6, 6.07) is 0. The molecule has 0 aromatic heterocycles. The van der Waals surface area contributed by atoms with Gasteiger partial charge in [-0.1, -0.05) is 19.8 Å². The number of piperidine rings is 1. The Labute approximate surface area is 113 Å². The summed E-state index contributed by atoms with van der Waals surface area (Å²) in [5.74, 6) is 1.95. The Kier molecular flexibility index (Phi) is 5.50. The molecule has 1 aliphatic heterocycles. The predicted molar refractivity (Wildman–Crippen MR) is 76.8 cm³/mol. The van der Waals surface area contributed by atoms with Gasteiger partial charge in [-0.3, -0.25) is 0 Å². The molecule has 0 amide bonds. The summed E-state index contributed by atoms with van der Waals surface area (Å²) in [6.07, 6.45) is 9.22. The minimum Gasteiger partial charge on any atom is -0.375 e. The number of hydrogen-bond donors (Lipinski definition) is 0. The van der Waals surface area contributed by atoms with Crippen molar-refractivity contribution in [1.29, 1.82) is 0 Å². The van der Waals surface area contributed by atoms with Crippen molar-refractivity contribution in [1.82, 2.24) is 4.90 Å². The zero-order valence-corrected chi connectivity index (χ0v) is 12.5. The molecule has 18 heavy (non-hydrogen) atoms. The second kappa shape index (κ2) is 6.91. The highest BCUT2D eigenvalue weighted by Gasteiger charge is 2.24. The fraction of sp³-hybridized carbons (Fsp3) is 1.00. The molecule has 0 radical (unpaired) electrons. The first kappa shape index (κ1) is 14.3. The lowest BCUT2D eigenvalue weighted by molar-refractivity contribution is -0.0294. The monoisotopic (exact) mass is 253 g/mol. The van der Waals surface area contributed by atoms with Crippen LogP contribution >= 0.6 is 0 Å². The van der Waals surface area contributed by atoms with E-state index in [2.05, 4.69) is 25.7 Å². The SMILES string of the molecule is CC1CCC(CN2CCC(OC(C)C)CC2)CC1. The molecule has 2 nitrogen and oxygen atoms in total. The largest absolute Gasteiger partial charge is 0.375 e. The minimum absolute atomic E-state index is 0.390. The maximum Gasteiger partial charge on any atom is 0.0603 e. The molecule has 0 bridgehead atoms. The van der Waals surface area contributed by atoms with Gasteiger partial charge in [0, 0.05) is 19.6 Å². The van der Waals surface area contributed by atoms with E-state index in [-0.39, 0.29) is 0 Å². The van der Waals surface area contributed by atoms with Crippen molar-refractivity contribution in [3.05, 3.63) is 0 Å². The van der Waals surface area contributed by atoms with Crippen molar-refractivity contribution in [3.8, 4) is 0 Å². The Morgan fingerprint density at radius 2 is 1.61 bits per heavy atom. The van der Waals surface area contributed by atoms with Gasteiger partial charge in [0.05, 0.1) is 12.2 Å². The number of rotatable bonds is 4. The van der Waals surface area contributed by atoms with Crippen molar-refractivity contribution in [3.63, 3.8) is 0 Å². The normalized spacial score (nSPS) is 32.0. The molecule has 2 aliphatic rings. The van der Waals surface area contributed by atoms with Crippen LogP contribution in [0.25, 0.3) is 0 Å². The second-order valence-electron chi connectivity index (χ2n) is 6.81. The summed E-state index contributed by atoms with van der Waals surface area (Å²) >= 11 is 0. The van der Waals surface area contributed by atoms with Crippen molar-refractivity contribution in [2.45, 2.75) is 71.5 Å². The highest BCUT2D eigenvalue weighted by atomic mass is 16.5. The summed E-state index contributed by atoms with van der Waals surface area (Å²) in [7, 11) is 0. The van der Waals surface area contributed by atoms with Crippen LogP contribution in [0.1, 0.15) is 59.3 Å². The van der Waals surface area contributed by atoms with Crippen LogP contribution < -0.4 is 0 Å². The predicted octanol–water partition coefficient (Wildman–Crippen LogP) is 3.70. The van der Waals surface area contributed by atoms with Crippen LogP contribution in [-0.4, -0.2) is 36.7 Å². The van der Waals surface area contributed by atoms with Gasteiger partial charge < -0.3 is 9.64 Å². The van der Waals surface area contributed by atoms with E-state index in [9.17, 15) is 0 Å². The molecule has 106 valence electrons. The summed E-state index contributed by atoms with van der Waals surface area (Å²) in [5.41, 5.74) is 0. The fourth-order valence-electron chi connectivity index (χ4n) is 3.49. The van der Waals surface area contributed by atoms with Gasteiger partial charge in [0.2, 0.25) is 0 Å². The average Bonchev–Trinajstić information content (AvgIpc) is 2.34. The first-order chi connectivity index (χ1) is 8.63. The van der Waals surface area contributed by atoms with Gasteiger partial charge >= 0.3 is 0 Å². The van der Waals surface area contributed by atoms with Crippen LogP contribution in [0, 0.1) is 11.8 Å². The molecule has 0 spiro atoms. The third kappa shape index (κ3) is 4.55. The molecular weight excluding hydrogens is 222 g/mol. The summed E-state index contributed by atoms with van der Waals surface area (Å²) in [5, 5.41) is 0. The molecule has 0 aromatic carbocycles. The highest BCUT2D eigenvalue weighted by molar-refractivity contribution is 4.78.